The van der Waals surface area contributed by atoms with Crippen LogP contribution < -0.4 is 0 Å². The van der Waals surface area contributed by atoms with Crippen LogP contribution in [0.15, 0.2) is 31.1 Å². The number of fused-ring (bicyclic) bond motifs is 1. The molecule has 4 aromatic rings. The van der Waals surface area contributed by atoms with Gasteiger partial charge in [-0.3, -0.25) is 0 Å². The first-order valence-electron chi connectivity index (χ1n) is 8.30. The molecule has 0 saturated heterocycles. The Kier molecular flexibility index (Phi) is 4.26. The molecule has 1 N–H and O–H groups in total. The highest BCUT2D eigenvalue weighted by atomic mass is 32.1. The lowest BCUT2D eigenvalue weighted by molar-refractivity contribution is -0.137. The second kappa shape index (κ2) is 6.51. The molecule has 0 unspecified atom stereocenters. The molecule has 0 spiro atoms. The smallest absolute Gasteiger partial charge is 0.356 e. The highest BCUT2D eigenvalue weighted by Gasteiger charge is 2.32. The maximum atomic E-state index is 13.0. The number of hydrogen-bond acceptors (Lipinski definition) is 5. The van der Waals surface area contributed by atoms with Crippen LogP contribution in [0.25, 0.3) is 28.4 Å². The molecule has 4 heterocycles. The number of halogens is 3. The Labute approximate surface area is 161 Å². The lowest BCUT2D eigenvalue weighted by Gasteiger charge is -2.11. The predicted molar refractivity (Wildman–Crippen MR) is 98.4 cm³/mol. The number of imidazole rings is 1. The summed E-state index contributed by atoms with van der Waals surface area (Å²) in [6.07, 6.45) is 1.55. The molecule has 0 aliphatic carbocycles. The fourth-order valence-corrected chi connectivity index (χ4v) is 3.45. The number of hydrogen-bond donors (Lipinski definition) is 1. The van der Waals surface area contributed by atoms with Crippen molar-refractivity contribution in [1.29, 1.82) is 0 Å². The van der Waals surface area contributed by atoms with Gasteiger partial charge in [-0.05, 0) is 18.1 Å². The summed E-state index contributed by atoms with van der Waals surface area (Å²) in [7, 11) is 1.70. The number of alkyl halides is 3. The summed E-state index contributed by atoms with van der Waals surface area (Å²) < 4.78 is 42.7. The first kappa shape index (κ1) is 18.3. The zero-order chi connectivity index (χ0) is 20.1. The van der Waals surface area contributed by atoms with Crippen LogP contribution in [-0.4, -0.2) is 34.3 Å². The Morgan fingerprint density at radius 2 is 2.07 bits per heavy atom. The van der Waals surface area contributed by atoms with E-state index in [1.807, 2.05) is 6.92 Å². The van der Waals surface area contributed by atoms with E-state index in [1.54, 1.807) is 22.5 Å². The van der Waals surface area contributed by atoms with Crippen LogP contribution in [0.5, 0.6) is 0 Å². The van der Waals surface area contributed by atoms with E-state index in [2.05, 4.69) is 25.0 Å². The van der Waals surface area contributed by atoms with Gasteiger partial charge in [-0.15, -0.1) is 0 Å². The summed E-state index contributed by atoms with van der Waals surface area (Å²) in [5.41, 5.74) is 1.76. The van der Waals surface area contributed by atoms with Gasteiger partial charge in [0, 0.05) is 19.4 Å². The van der Waals surface area contributed by atoms with Crippen molar-refractivity contribution >= 4 is 23.4 Å². The average Bonchev–Trinajstić information content (AvgIpc) is 3.29. The second-order valence-corrected chi connectivity index (χ2v) is 6.52. The summed E-state index contributed by atoms with van der Waals surface area (Å²) in [4.78, 5) is 15.4. The summed E-state index contributed by atoms with van der Waals surface area (Å²) in [5.74, 6) is 0.454. The van der Waals surface area contributed by atoms with E-state index in [1.165, 1.54) is 12.7 Å². The van der Waals surface area contributed by atoms with Gasteiger partial charge in [0.25, 0.3) is 0 Å². The molecule has 0 radical (unpaired) electrons. The first-order chi connectivity index (χ1) is 13.3. The molecule has 11 heteroatoms. The van der Waals surface area contributed by atoms with E-state index in [0.717, 1.165) is 17.8 Å². The van der Waals surface area contributed by atoms with Crippen LogP contribution in [0, 0.1) is 4.51 Å². The van der Waals surface area contributed by atoms with Gasteiger partial charge in [-0.2, -0.15) is 18.3 Å². The number of aryl methyl sites for hydroxylation is 1. The molecule has 7 nitrogen and oxygen atoms in total. The Hall–Kier alpha value is -3.08. The SMILES string of the molecule is CCc1c(-c2nc3cc(C(F)(F)F)cnc3n2C)[nH]cc(-n2cncn2)c1=S. The zero-order valence-corrected chi connectivity index (χ0v) is 15.6. The highest BCUT2D eigenvalue weighted by molar-refractivity contribution is 7.71. The third-order valence-corrected chi connectivity index (χ3v) is 4.90. The van der Waals surface area contributed by atoms with E-state index < -0.39 is 11.7 Å². The molecule has 0 bridgehead atoms. The predicted octanol–water partition coefficient (Wildman–Crippen LogP) is 3.85. The van der Waals surface area contributed by atoms with Crippen molar-refractivity contribution in [2.75, 3.05) is 0 Å². The van der Waals surface area contributed by atoms with Crippen LogP contribution in [0.1, 0.15) is 18.1 Å². The fourth-order valence-electron chi connectivity index (χ4n) is 3.06. The lowest BCUT2D eigenvalue weighted by Crippen LogP contribution is -2.05. The lowest BCUT2D eigenvalue weighted by atomic mass is 10.1. The van der Waals surface area contributed by atoms with Gasteiger partial charge in [-0.25, -0.2) is 19.6 Å². The van der Waals surface area contributed by atoms with Crippen molar-refractivity contribution in [2.45, 2.75) is 19.5 Å². The second-order valence-electron chi connectivity index (χ2n) is 6.11. The summed E-state index contributed by atoms with van der Waals surface area (Å²) in [6, 6.07) is 0.996. The Balaban J connectivity index is 1.91. The molecule has 0 aliphatic heterocycles. The normalized spacial score (nSPS) is 12.0. The van der Waals surface area contributed by atoms with Crippen molar-refractivity contribution in [3.63, 3.8) is 0 Å². The van der Waals surface area contributed by atoms with Crippen molar-refractivity contribution in [3.8, 4) is 17.2 Å². The summed E-state index contributed by atoms with van der Waals surface area (Å²) in [6.45, 7) is 1.94. The molecule has 0 fully saturated rings. The highest BCUT2D eigenvalue weighted by Crippen LogP contribution is 2.32. The Bertz CT molecular complexity index is 1220. The van der Waals surface area contributed by atoms with E-state index in [-0.39, 0.29) is 5.52 Å². The third kappa shape index (κ3) is 2.87. The third-order valence-electron chi connectivity index (χ3n) is 4.44. The van der Waals surface area contributed by atoms with Crippen molar-refractivity contribution in [1.82, 2.24) is 34.3 Å². The minimum absolute atomic E-state index is 0.161. The van der Waals surface area contributed by atoms with Gasteiger partial charge in [0.2, 0.25) is 0 Å². The van der Waals surface area contributed by atoms with Crippen LogP contribution in [0.2, 0.25) is 0 Å². The van der Waals surface area contributed by atoms with Gasteiger partial charge in [-0.1, -0.05) is 19.1 Å². The molecule has 28 heavy (non-hydrogen) atoms. The molecule has 4 aromatic heterocycles. The molecule has 0 aliphatic rings. The zero-order valence-electron chi connectivity index (χ0n) is 14.8. The van der Waals surface area contributed by atoms with Gasteiger partial charge in [0.15, 0.2) is 11.5 Å². The molecular weight excluding hydrogens is 391 g/mol. The number of pyridine rings is 2. The minimum Gasteiger partial charge on any atom is -0.356 e. The molecular formula is C17H14F3N7S. The number of rotatable bonds is 3. The molecule has 0 saturated carbocycles. The molecule has 4 rings (SSSR count). The summed E-state index contributed by atoms with van der Waals surface area (Å²) in [5, 5.41) is 4.09. The summed E-state index contributed by atoms with van der Waals surface area (Å²) >= 11 is 5.61. The van der Waals surface area contributed by atoms with Gasteiger partial charge >= 0.3 is 6.18 Å². The van der Waals surface area contributed by atoms with E-state index in [0.29, 0.717) is 33.8 Å². The number of H-pyrrole nitrogens is 1. The molecule has 0 amide bonds. The number of aromatic amines is 1. The fraction of sp³-hybridized carbons (Fsp3) is 0.235. The number of nitrogens with zero attached hydrogens (tertiary/aromatic N) is 6. The van der Waals surface area contributed by atoms with Crippen LogP contribution in [-0.2, 0) is 19.6 Å². The van der Waals surface area contributed by atoms with Crippen LogP contribution >= 0.6 is 12.2 Å². The molecule has 0 atom stereocenters. The Morgan fingerprint density at radius 1 is 1.29 bits per heavy atom. The number of aromatic nitrogens is 7. The largest absolute Gasteiger partial charge is 0.417 e. The molecule has 0 aromatic carbocycles. The van der Waals surface area contributed by atoms with Crippen LogP contribution in [0.4, 0.5) is 13.2 Å². The average molecular weight is 405 g/mol. The standard InChI is InChI=1S/C17H14F3N7S/c1-3-10-13(22-6-12(14(10)28)27-8-21-7-24-27)16-25-11-4-9(17(18,19)20)5-23-15(11)26(16)2/h4-8H,3H2,1-2H3,(H,22,28). The quantitative estimate of drug-likeness (QED) is 0.524. The first-order valence-corrected chi connectivity index (χ1v) is 8.71. The molecule has 144 valence electrons. The van der Waals surface area contributed by atoms with Crippen LogP contribution in [0.3, 0.4) is 0 Å². The van der Waals surface area contributed by atoms with Crippen molar-refractivity contribution in [3.05, 3.63) is 46.8 Å². The minimum atomic E-state index is -4.48. The van der Waals surface area contributed by atoms with Crippen molar-refractivity contribution in [2.24, 2.45) is 7.05 Å². The Morgan fingerprint density at radius 3 is 2.71 bits per heavy atom. The topological polar surface area (TPSA) is 77.2 Å². The van der Waals surface area contributed by atoms with E-state index >= 15 is 0 Å². The van der Waals surface area contributed by atoms with Gasteiger partial charge < -0.3 is 9.55 Å². The monoisotopic (exact) mass is 405 g/mol. The van der Waals surface area contributed by atoms with Crippen molar-refractivity contribution < 1.29 is 13.2 Å². The van der Waals surface area contributed by atoms with Gasteiger partial charge in [0.1, 0.15) is 23.9 Å². The number of nitrogens with one attached hydrogen (secondary N) is 1. The van der Waals surface area contributed by atoms with Gasteiger partial charge in [0.05, 0.1) is 15.8 Å². The van der Waals surface area contributed by atoms with E-state index in [4.69, 9.17) is 12.2 Å². The maximum Gasteiger partial charge on any atom is 0.417 e. The maximum absolute atomic E-state index is 13.0. The van der Waals surface area contributed by atoms with E-state index in [9.17, 15) is 13.2 Å².